The number of halogens is 3. The third-order valence-electron chi connectivity index (χ3n) is 4.52. The molecule has 1 unspecified atom stereocenters. The van der Waals surface area contributed by atoms with E-state index in [1.54, 1.807) is 16.2 Å². The normalized spacial score (nSPS) is 16.9. The number of carbonyl (C=O) groups is 2. The van der Waals surface area contributed by atoms with Crippen LogP contribution in [-0.2, 0) is 15.8 Å². The third kappa shape index (κ3) is 4.64. The highest BCUT2D eigenvalue weighted by molar-refractivity contribution is 7.10. The summed E-state index contributed by atoms with van der Waals surface area (Å²) in [4.78, 5) is 26.5. The zero-order valence-electron chi connectivity index (χ0n) is 15.2. The van der Waals surface area contributed by atoms with Crippen LogP contribution < -0.4 is 10.6 Å². The van der Waals surface area contributed by atoms with Crippen molar-refractivity contribution in [1.29, 1.82) is 0 Å². The van der Waals surface area contributed by atoms with Crippen molar-refractivity contribution in [3.8, 4) is 0 Å². The maximum absolute atomic E-state index is 13.4. The van der Waals surface area contributed by atoms with Gasteiger partial charge in [-0.25, -0.2) is 0 Å². The Hall–Kier alpha value is -2.55. The Morgan fingerprint density at radius 3 is 2.71 bits per heavy atom. The molecule has 0 aliphatic carbocycles. The number of carbonyl (C=O) groups excluding carboxylic acids is 2. The molecule has 1 atom stereocenters. The monoisotopic (exact) mass is 411 g/mol. The number of alkyl halides is 3. The summed E-state index contributed by atoms with van der Waals surface area (Å²) < 4.78 is 40.2. The molecular weight excluding hydrogens is 391 g/mol. The SMILES string of the molecule is CC(=O)Nc1ccc(NCC(=O)N2CCCC2c2cccs2)c(C(F)(F)F)c1. The maximum atomic E-state index is 13.4. The van der Waals surface area contributed by atoms with Crippen LogP contribution >= 0.6 is 11.3 Å². The molecule has 0 spiro atoms. The Morgan fingerprint density at radius 2 is 2.07 bits per heavy atom. The first kappa shape index (κ1) is 20.2. The van der Waals surface area contributed by atoms with E-state index in [4.69, 9.17) is 0 Å². The quantitative estimate of drug-likeness (QED) is 0.762. The molecule has 3 rings (SSSR count). The van der Waals surface area contributed by atoms with Crippen LogP contribution in [0.1, 0.15) is 36.2 Å². The van der Waals surface area contributed by atoms with Gasteiger partial charge in [0.2, 0.25) is 11.8 Å². The molecule has 1 aliphatic rings. The number of hydrogen-bond acceptors (Lipinski definition) is 4. The number of anilines is 2. The fourth-order valence-corrected chi connectivity index (χ4v) is 4.20. The van der Waals surface area contributed by atoms with Crippen molar-refractivity contribution in [3.63, 3.8) is 0 Å². The molecule has 1 aliphatic heterocycles. The van der Waals surface area contributed by atoms with Gasteiger partial charge in [0.15, 0.2) is 0 Å². The van der Waals surface area contributed by atoms with Crippen molar-refractivity contribution in [3.05, 3.63) is 46.2 Å². The fraction of sp³-hybridized carbons (Fsp3) is 0.368. The summed E-state index contributed by atoms with van der Waals surface area (Å²) in [6.45, 7) is 1.58. The van der Waals surface area contributed by atoms with Crippen LogP contribution in [0.15, 0.2) is 35.7 Å². The molecule has 2 aromatic rings. The first-order valence-electron chi connectivity index (χ1n) is 8.81. The van der Waals surface area contributed by atoms with Gasteiger partial charge in [-0.2, -0.15) is 13.2 Å². The minimum Gasteiger partial charge on any atom is -0.376 e. The van der Waals surface area contributed by atoms with E-state index < -0.39 is 17.6 Å². The van der Waals surface area contributed by atoms with Gasteiger partial charge in [-0.15, -0.1) is 11.3 Å². The van der Waals surface area contributed by atoms with E-state index in [1.165, 1.54) is 19.1 Å². The highest BCUT2D eigenvalue weighted by Gasteiger charge is 2.35. The number of rotatable bonds is 5. The molecule has 9 heteroatoms. The fourth-order valence-electron chi connectivity index (χ4n) is 3.33. The van der Waals surface area contributed by atoms with Crippen molar-refractivity contribution >= 4 is 34.5 Å². The second-order valence-corrected chi connectivity index (χ2v) is 7.53. The van der Waals surface area contributed by atoms with Gasteiger partial charge in [0.05, 0.1) is 18.2 Å². The molecule has 0 bridgehead atoms. The predicted molar refractivity (Wildman–Crippen MR) is 102 cm³/mol. The van der Waals surface area contributed by atoms with Crippen molar-refractivity contribution < 1.29 is 22.8 Å². The summed E-state index contributed by atoms with van der Waals surface area (Å²) in [6, 6.07) is 7.33. The Morgan fingerprint density at radius 1 is 1.29 bits per heavy atom. The van der Waals surface area contributed by atoms with Crippen molar-refractivity contribution in [2.75, 3.05) is 23.7 Å². The highest BCUT2D eigenvalue weighted by atomic mass is 32.1. The molecule has 1 fully saturated rings. The number of thiophene rings is 1. The molecule has 1 saturated heterocycles. The Labute approximate surface area is 164 Å². The first-order valence-corrected chi connectivity index (χ1v) is 9.69. The summed E-state index contributed by atoms with van der Waals surface area (Å²) in [7, 11) is 0. The van der Waals surface area contributed by atoms with Crippen molar-refractivity contribution in [2.24, 2.45) is 0 Å². The predicted octanol–water partition coefficient (Wildman–Crippen LogP) is 4.50. The van der Waals surface area contributed by atoms with E-state index in [-0.39, 0.29) is 29.9 Å². The average Bonchev–Trinajstić information content (AvgIpc) is 3.29. The smallest absolute Gasteiger partial charge is 0.376 e. The molecular formula is C19H20F3N3O2S. The van der Waals surface area contributed by atoms with Gasteiger partial charge >= 0.3 is 6.18 Å². The van der Waals surface area contributed by atoms with Gasteiger partial charge in [0, 0.05) is 29.7 Å². The second kappa shape index (κ2) is 8.22. The zero-order valence-corrected chi connectivity index (χ0v) is 16.0. The average molecular weight is 411 g/mol. The van der Waals surface area contributed by atoms with Gasteiger partial charge in [0.1, 0.15) is 0 Å². The molecule has 2 amide bonds. The number of hydrogen-bond donors (Lipinski definition) is 2. The zero-order chi connectivity index (χ0) is 20.3. The molecule has 2 N–H and O–H groups in total. The lowest BCUT2D eigenvalue weighted by Crippen LogP contribution is -2.35. The molecule has 5 nitrogen and oxygen atoms in total. The molecule has 28 heavy (non-hydrogen) atoms. The molecule has 2 heterocycles. The van der Waals surface area contributed by atoms with Crippen LogP contribution in [0, 0.1) is 0 Å². The lowest BCUT2D eigenvalue weighted by Gasteiger charge is -2.25. The van der Waals surface area contributed by atoms with E-state index >= 15 is 0 Å². The number of nitrogens with one attached hydrogen (secondary N) is 2. The Balaban J connectivity index is 1.73. The standard InChI is InChI=1S/C19H20F3N3O2S/c1-12(26)24-13-6-7-15(14(10-13)19(20,21)22)23-11-18(27)25-8-2-4-16(25)17-5-3-9-28-17/h3,5-7,9-10,16,23H,2,4,8,11H2,1H3,(H,24,26). The lowest BCUT2D eigenvalue weighted by atomic mass is 10.1. The highest BCUT2D eigenvalue weighted by Crippen LogP contribution is 2.37. The van der Waals surface area contributed by atoms with E-state index in [2.05, 4.69) is 10.6 Å². The summed E-state index contributed by atoms with van der Waals surface area (Å²) in [6.07, 6.45) is -2.90. The van der Waals surface area contributed by atoms with Gasteiger partial charge in [-0.1, -0.05) is 6.07 Å². The van der Waals surface area contributed by atoms with E-state index in [1.807, 2.05) is 17.5 Å². The topological polar surface area (TPSA) is 61.4 Å². The summed E-state index contributed by atoms with van der Waals surface area (Å²) >= 11 is 1.57. The van der Waals surface area contributed by atoms with Gasteiger partial charge in [-0.05, 0) is 42.5 Å². The number of likely N-dealkylation sites (tertiary alicyclic amines) is 1. The second-order valence-electron chi connectivity index (χ2n) is 6.55. The molecule has 0 saturated carbocycles. The number of benzene rings is 1. The van der Waals surface area contributed by atoms with Crippen LogP contribution in [0.25, 0.3) is 0 Å². The van der Waals surface area contributed by atoms with Gasteiger partial charge in [-0.3, -0.25) is 9.59 Å². The summed E-state index contributed by atoms with van der Waals surface area (Å²) in [5.41, 5.74) is -1.07. The van der Waals surface area contributed by atoms with Gasteiger partial charge in [0.25, 0.3) is 0 Å². The summed E-state index contributed by atoms with van der Waals surface area (Å²) in [5, 5.41) is 6.90. The van der Waals surface area contributed by atoms with Crippen LogP contribution in [-0.4, -0.2) is 29.8 Å². The van der Waals surface area contributed by atoms with Crippen LogP contribution in [0.2, 0.25) is 0 Å². The van der Waals surface area contributed by atoms with E-state index in [9.17, 15) is 22.8 Å². The van der Waals surface area contributed by atoms with Crippen LogP contribution in [0.5, 0.6) is 0 Å². The minimum absolute atomic E-state index is 0.0153. The van der Waals surface area contributed by atoms with Crippen LogP contribution in [0.4, 0.5) is 24.5 Å². The Kier molecular flexibility index (Phi) is 5.93. The largest absolute Gasteiger partial charge is 0.418 e. The van der Waals surface area contributed by atoms with E-state index in [0.29, 0.717) is 6.54 Å². The Bertz CT molecular complexity index is 853. The van der Waals surface area contributed by atoms with Crippen LogP contribution in [0.3, 0.4) is 0 Å². The van der Waals surface area contributed by atoms with Crippen molar-refractivity contribution in [1.82, 2.24) is 4.90 Å². The first-order chi connectivity index (χ1) is 13.3. The minimum atomic E-state index is -4.62. The molecule has 1 aromatic heterocycles. The molecule has 0 radical (unpaired) electrons. The lowest BCUT2D eigenvalue weighted by molar-refractivity contribution is -0.137. The van der Waals surface area contributed by atoms with Gasteiger partial charge < -0.3 is 15.5 Å². The maximum Gasteiger partial charge on any atom is 0.418 e. The number of nitrogens with zero attached hydrogens (tertiary/aromatic N) is 1. The third-order valence-corrected chi connectivity index (χ3v) is 5.49. The van der Waals surface area contributed by atoms with Crippen molar-refractivity contribution in [2.45, 2.75) is 32.0 Å². The summed E-state index contributed by atoms with van der Waals surface area (Å²) in [5.74, 6) is -0.701. The molecule has 150 valence electrons. The molecule has 1 aromatic carbocycles. The van der Waals surface area contributed by atoms with E-state index in [0.717, 1.165) is 23.8 Å². The number of amides is 2.